The molecule has 0 amide bonds. The highest BCUT2D eigenvalue weighted by atomic mass is 16.5. The highest BCUT2D eigenvalue weighted by molar-refractivity contribution is 4.99. The fourth-order valence-electron chi connectivity index (χ4n) is 1.42. The van der Waals surface area contributed by atoms with Crippen LogP contribution in [0, 0.1) is 11.8 Å². The minimum atomic E-state index is 0.0511. The quantitative estimate of drug-likeness (QED) is 0.614. The van der Waals surface area contributed by atoms with Crippen LogP contribution in [0.3, 0.4) is 0 Å². The van der Waals surface area contributed by atoms with E-state index in [2.05, 4.69) is 23.8 Å². The summed E-state index contributed by atoms with van der Waals surface area (Å²) in [6.07, 6.45) is 0.884. The summed E-state index contributed by atoms with van der Waals surface area (Å²) in [5.74, 6) is 5.84. The number of likely N-dealkylation sites (N-methyl/N-ethyl adjacent to an activating group) is 1. The highest BCUT2D eigenvalue weighted by Gasteiger charge is 2.22. The average molecular weight is 182 g/mol. The number of nitrogens with zero attached hydrogens (tertiary/aromatic N) is 1. The second-order valence-corrected chi connectivity index (χ2v) is 3.47. The van der Waals surface area contributed by atoms with Gasteiger partial charge < -0.3 is 15.4 Å². The minimum Gasteiger partial charge on any atom is -0.374 e. The molecular formula is C10H18N2O. The van der Waals surface area contributed by atoms with Gasteiger partial charge in [0.2, 0.25) is 0 Å². The van der Waals surface area contributed by atoms with E-state index in [1.54, 1.807) is 0 Å². The summed E-state index contributed by atoms with van der Waals surface area (Å²) in [5.41, 5.74) is 5.94. The second kappa shape index (κ2) is 5.23. The monoisotopic (exact) mass is 182 g/mol. The van der Waals surface area contributed by atoms with E-state index < -0.39 is 0 Å². The zero-order valence-electron chi connectivity index (χ0n) is 8.42. The zero-order chi connectivity index (χ0) is 9.68. The Labute approximate surface area is 80.2 Å². The summed E-state index contributed by atoms with van der Waals surface area (Å²) in [5, 5.41) is 0. The molecule has 3 nitrogen and oxygen atoms in total. The van der Waals surface area contributed by atoms with Crippen molar-refractivity contribution in [2.24, 2.45) is 5.73 Å². The molecule has 2 unspecified atom stereocenters. The van der Waals surface area contributed by atoms with Crippen molar-refractivity contribution in [1.29, 1.82) is 0 Å². The Hall–Kier alpha value is -0.560. The predicted octanol–water partition coefficient (Wildman–Crippen LogP) is 0.0577. The van der Waals surface area contributed by atoms with Gasteiger partial charge in [0.1, 0.15) is 0 Å². The van der Waals surface area contributed by atoms with Gasteiger partial charge in [0.25, 0.3) is 0 Å². The largest absolute Gasteiger partial charge is 0.374 e. The van der Waals surface area contributed by atoms with Crippen LogP contribution in [0.1, 0.15) is 13.3 Å². The fourth-order valence-corrected chi connectivity index (χ4v) is 1.42. The lowest BCUT2D eigenvalue weighted by Crippen LogP contribution is -2.49. The molecule has 0 spiro atoms. The Morgan fingerprint density at radius 3 is 3.08 bits per heavy atom. The standard InChI is InChI=1S/C10H18N2O/c1-3-4-5-9(11)10-8-12(2)6-7-13-10/h9-10H,5-8,11H2,1-2H3. The minimum absolute atomic E-state index is 0.0511. The van der Waals surface area contributed by atoms with E-state index in [1.807, 2.05) is 6.92 Å². The van der Waals surface area contributed by atoms with E-state index in [-0.39, 0.29) is 12.1 Å². The van der Waals surface area contributed by atoms with Gasteiger partial charge in [0, 0.05) is 25.6 Å². The molecule has 0 saturated carbocycles. The molecule has 13 heavy (non-hydrogen) atoms. The highest BCUT2D eigenvalue weighted by Crippen LogP contribution is 2.07. The van der Waals surface area contributed by atoms with Gasteiger partial charge in [-0.15, -0.1) is 11.8 Å². The van der Waals surface area contributed by atoms with Crippen LogP contribution in [0.4, 0.5) is 0 Å². The molecule has 1 heterocycles. The van der Waals surface area contributed by atoms with Crippen LogP contribution in [0.15, 0.2) is 0 Å². The third kappa shape index (κ3) is 3.35. The van der Waals surface area contributed by atoms with Crippen molar-refractivity contribution < 1.29 is 4.74 Å². The molecule has 1 fully saturated rings. The normalized spacial score (nSPS) is 26.2. The molecule has 1 aliphatic rings. The molecule has 2 N–H and O–H groups in total. The lowest BCUT2D eigenvalue weighted by atomic mass is 10.1. The molecule has 0 radical (unpaired) electrons. The van der Waals surface area contributed by atoms with Gasteiger partial charge in [0.05, 0.1) is 12.7 Å². The Balaban J connectivity index is 2.35. The van der Waals surface area contributed by atoms with Crippen molar-refractivity contribution in [3.8, 4) is 11.8 Å². The Bertz CT molecular complexity index is 207. The van der Waals surface area contributed by atoms with E-state index in [1.165, 1.54) is 0 Å². The van der Waals surface area contributed by atoms with E-state index in [0.29, 0.717) is 0 Å². The first kappa shape index (κ1) is 10.5. The fraction of sp³-hybridized carbons (Fsp3) is 0.800. The van der Waals surface area contributed by atoms with Gasteiger partial charge in [0.15, 0.2) is 0 Å². The third-order valence-corrected chi connectivity index (χ3v) is 2.29. The first-order valence-corrected chi connectivity index (χ1v) is 4.69. The number of rotatable bonds is 2. The van der Waals surface area contributed by atoms with E-state index in [0.717, 1.165) is 26.1 Å². The zero-order valence-corrected chi connectivity index (χ0v) is 8.42. The van der Waals surface area contributed by atoms with E-state index in [9.17, 15) is 0 Å². The van der Waals surface area contributed by atoms with E-state index >= 15 is 0 Å². The molecule has 0 bridgehead atoms. The van der Waals surface area contributed by atoms with Crippen molar-refractivity contribution >= 4 is 0 Å². The molecule has 2 atom stereocenters. The number of hydrogen-bond acceptors (Lipinski definition) is 3. The summed E-state index contributed by atoms with van der Waals surface area (Å²) >= 11 is 0. The first-order chi connectivity index (χ1) is 6.24. The molecule has 1 aliphatic heterocycles. The van der Waals surface area contributed by atoms with E-state index in [4.69, 9.17) is 10.5 Å². The van der Waals surface area contributed by atoms with Gasteiger partial charge in [-0.05, 0) is 14.0 Å². The summed E-state index contributed by atoms with van der Waals surface area (Å²) in [4.78, 5) is 2.24. The smallest absolute Gasteiger partial charge is 0.0862 e. The molecule has 3 heteroatoms. The molecular weight excluding hydrogens is 164 g/mol. The van der Waals surface area contributed by atoms with Crippen molar-refractivity contribution in [1.82, 2.24) is 4.90 Å². The molecule has 74 valence electrons. The molecule has 1 saturated heterocycles. The number of ether oxygens (including phenoxy) is 1. The van der Waals surface area contributed by atoms with Gasteiger partial charge in [-0.1, -0.05) is 0 Å². The Kier molecular flexibility index (Phi) is 4.23. The van der Waals surface area contributed by atoms with Crippen molar-refractivity contribution in [3.05, 3.63) is 0 Å². The summed E-state index contributed by atoms with van der Waals surface area (Å²) < 4.78 is 5.57. The van der Waals surface area contributed by atoms with Crippen LogP contribution >= 0.6 is 0 Å². The number of nitrogens with two attached hydrogens (primary N) is 1. The molecule has 0 aromatic rings. The topological polar surface area (TPSA) is 38.5 Å². The van der Waals surface area contributed by atoms with Crippen molar-refractivity contribution in [2.45, 2.75) is 25.5 Å². The summed E-state index contributed by atoms with van der Waals surface area (Å²) in [6.45, 7) is 4.55. The third-order valence-electron chi connectivity index (χ3n) is 2.29. The van der Waals surface area contributed by atoms with Crippen molar-refractivity contribution in [3.63, 3.8) is 0 Å². The Morgan fingerprint density at radius 2 is 2.46 bits per heavy atom. The maximum atomic E-state index is 5.94. The maximum absolute atomic E-state index is 5.94. The Morgan fingerprint density at radius 1 is 1.69 bits per heavy atom. The van der Waals surface area contributed by atoms with Crippen LogP contribution in [0.5, 0.6) is 0 Å². The molecule has 1 rings (SSSR count). The van der Waals surface area contributed by atoms with Gasteiger partial charge in [-0.3, -0.25) is 0 Å². The van der Waals surface area contributed by atoms with Crippen LogP contribution in [-0.4, -0.2) is 43.8 Å². The van der Waals surface area contributed by atoms with Crippen LogP contribution in [0.2, 0.25) is 0 Å². The number of hydrogen-bond donors (Lipinski definition) is 1. The lowest BCUT2D eigenvalue weighted by Gasteiger charge is -2.32. The van der Waals surface area contributed by atoms with Gasteiger partial charge >= 0.3 is 0 Å². The maximum Gasteiger partial charge on any atom is 0.0862 e. The second-order valence-electron chi connectivity index (χ2n) is 3.47. The molecule has 0 aromatic carbocycles. The summed E-state index contributed by atoms with van der Waals surface area (Å²) in [7, 11) is 2.09. The first-order valence-electron chi connectivity index (χ1n) is 4.69. The molecule has 0 aromatic heterocycles. The average Bonchev–Trinajstić information content (AvgIpc) is 2.14. The van der Waals surface area contributed by atoms with Gasteiger partial charge in [-0.25, -0.2) is 0 Å². The summed E-state index contributed by atoms with van der Waals surface area (Å²) in [6, 6.07) is 0.0511. The molecule has 0 aliphatic carbocycles. The lowest BCUT2D eigenvalue weighted by molar-refractivity contribution is -0.0312. The van der Waals surface area contributed by atoms with Gasteiger partial charge in [-0.2, -0.15) is 0 Å². The number of morpholine rings is 1. The van der Waals surface area contributed by atoms with Crippen LogP contribution < -0.4 is 5.73 Å². The van der Waals surface area contributed by atoms with Crippen LogP contribution in [0.25, 0.3) is 0 Å². The predicted molar refractivity (Wildman–Crippen MR) is 53.3 cm³/mol. The van der Waals surface area contributed by atoms with Crippen molar-refractivity contribution in [2.75, 3.05) is 26.7 Å². The SMILES string of the molecule is CC#CCC(N)C1CN(C)CCO1. The van der Waals surface area contributed by atoms with Crippen LogP contribution in [-0.2, 0) is 4.74 Å².